The molecule has 0 aliphatic carbocycles. The number of aromatic carboxylic acids is 1. The molecule has 1 aliphatic heterocycles. The predicted molar refractivity (Wildman–Crippen MR) is 139 cm³/mol. The van der Waals surface area contributed by atoms with E-state index in [2.05, 4.69) is 5.32 Å². The molecule has 2 N–H and O–H groups in total. The first-order valence-corrected chi connectivity index (χ1v) is 11.7. The number of hydrogen-bond acceptors (Lipinski definition) is 5. The third kappa shape index (κ3) is 4.57. The lowest BCUT2D eigenvalue weighted by atomic mass is 10.1. The van der Waals surface area contributed by atoms with Gasteiger partial charge in [-0.1, -0.05) is 30.3 Å². The highest BCUT2D eigenvalue weighted by Crippen LogP contribution is 2.28. The van der Waals surface area contributed by atoms with Crippen molar-refractivity contribution in [1.82, 2.24) is 4.98 Å². The molecule has 1 amide bonds. The standard InChI is InChI=1S/C28H25FN4O3/c1-18-6-2-3-7-20(18)27(34)30-19-10-11-24-21(16-19)22(28(35)36)17-26(31-24)33-14-12-32(13-15-33)25-9-5-4-8-23(25)29/h2-11,16-17H,12-15H2,1H3,(H,30,34)(H,35,36). The highest BCUT2D eigenvalue weighted by atomic mass is 19.1. The third-order valence-electron chi connectivity index (χ3n) is 6.47. The van der Waals surface area contributed by atoms with Crippen LogP contribution < -0.4 is 15.1 Å². The normalized spacial score (nSPS) is 13.6. The SMILES string of the molecule is Cc1ccccc1C(=O)Nc1ccc2nc(N3CCN(c4ccccc4F)CC3)cc(C(=O)O)c2c1. The van der Waals surface area contributed by atoms with Crippen molar-refractivity contribution in [3.8, 4) is 0 Å². The lowest BCUT2D eigenvalue weighted by molar-refractivity contribution is 0.0698. The van der Waals surface area contributed by atoms with Gasteiger partial charge < -0.3 is 20.2 Å². The van der Waals surface area contributed by atoms with Gasteiger partial charge in [0.25, 0.3) is 5.91 Å². The van der Waals surface area contributed by atoms with Crippen LogP contribution in [0, 0.1) is 12.7 Å². The first-order chi connectivity index (χ1) is 17.4. The van der Waals surface area contributed by atoms with Crippen LogP contribution >= 0.6 is 0 Å². The van der Waals surface area contributed by atoms with Crippen molar-refractivity contribution in [3.63, 3.8) is 0 Å². The average molecular weight is 485 g/mol. The fourth-order valence-electron chi connectivity index (χ4n) is 4.54. The summed E-state index contributed by atoms with van der Waals surface area (Å²) >= 11 is 0. The Morgan fingerprint density at radius 1 is 0.889 bits per heavy atom. The average Bonchev–Trinajstić information content (AvgIpc) is 2.88. The highest BCUT2D eigenvalue weighted by Gasteiger charge is 2.22. The van der Waals surface area contributed by atoms with E-state index in [1.807, 2.05) is 34.9 Å². The Hall–Kier alpha value is -4.46. The number of para-hydroxylation sites is 1. The zero-order valence-electron chi connectivity index (χ0n) is 19.7. The largest absolute Gasteiger partial charge is 0.478 e. The maximum atomic E-state index is 14.2. The minimum Gasteiger partial charge on any atom is -0.478 e. The highest BCUT2D eigenvalue weighted by molar-refractivity contribution is 6.08. The summed E-state index contributed by atoms with van der Waals surface area (Å²) in [6.07, 6.45) is 0. The van der Waals surface area contributed by atoms with Gasteiger partial charge in [0.1, 0.15) is 11.6 Å². The molecule has 0 spiro atoms. The van der Waals surface area contributed by atoms with Gasteiger partial charge in [-0.15, -0.1) is 0 Å². The van der Waals surface area contributed by atoms with Crippen molar-refractivity contribution in [1.29, 1.82) is 0 Å². The lowest BCUT2D eigenvalue weighted by Crippen LogP contribution is -2.47. The lowest BCUT2D eigenvalue weighted by Gasteiger charge is -2.37. The van der Waals surface area contributed by atoms with E-state index in [0.717, 1.165) is 5.56 Å². The number of aromatic nitrogens is 1. The molecule has 1 aromatic heterocycles. The quantitative estimate of drug-likeness (QED) is 0.417. The van der Waals surface area contributed by atoms with Gasteiger partial charge >= 0.3 is 5.97 Å². The summed E-state index contributed by atoms with van der Waals surface area (Å²) in [5.74, 6) is -1.03. The van der Waals surface area contributed by atoms with E-state index in [4.69, 9.17) is 4.98 Å². The summed E-state index contributed by atoms with van der Waals surface area (Å²) in [6.45, 7) is 4.20. The summed E-state index contributed by atoms with van der Waals surface area (Å²) in [7, 11) is 0. The number of amides is 1. The maximum Gasteiger partial charge on any atom is 0.336 e. The van der Waals surface area contributed by atoms with Crippen LogP contribution in [0.4, 0.5) is 21.6 Å². The van der Waals surface area contributed by atoms with Crippen molar-refractivity contribution < 1.29 is 19.1 Å². The van der Waals surface area contributed by atoms with Crippen LogP contribution in [0.2, 0.25) is 0 Å². The molecule has 1 fully saturated rings. The van der Waals surface area contributed by atoms with Crippen molar-refractivity contribution in [2.24, 2.45) is 0 Å². The molecule has 36 heavy (non-hydrogen) atoms. The second-order valence-electron chi connectivity index (χ2n) is 8.76. The summed E-state index contributed by atoms with van der Waals surface area (Å²) in [4.78, 5) is 33.6. The van der Waals surface area contributed by atoms with Gasteiger partial charge in [-0.3, -0.25) is 4.79 Å². The van der Waals surface area contributed by atoms with Crippen molar-refractivity contribution in [2.75, 3.05) is 41.3 Å². The second kappa shape index (κ2) is 9.65. The van der Waals surface area contributed by atoms with Crippen LogP contribution in [-0.4, -0.2) is 48.1 Å². The number of hydrogen-bond donors (Lipinski definition) is 2. The molecule has 182 valence electrons. The first-order valence-electron chi connectivity index (χ1n) is 11.7. The Morgan fingerprint density at radius 2 is 1.58 bits per heavy atom. The Bertz CT molecular complexity index is 1460. The summed E-state index contributed by atoms with van der Waals surface area (Å²) < 4.78 is 14.2. The van der Waals surface area contributed by atoms with E-state index in [-0.39, 0.29) is 17.3 Å². The number of carbonyl (C=O) groups excluding carboxylic acids is 1. The molecule has 2 heterocycles. The molecule has 3 aromatic carbocycles. The molecular formula is C28H25FN4O3. The molecule has 7 nitrogen and oxygen atoms in total. The van der Waals surface area contributed by atoms with Gasteiger partial charge in [-0.05, 0) is 55.0 Å². The molecule has 8 heteroatoms. The van der Waals surface area contributed by atoms with E-state index < -0.39 is 5.97 Å². The van der Waals surface area contributed by atoms with Crippen LogP contribution in [0.1, 0.15) is 26.3 Å². The molecule has 5 rings (SSSR count). The Morgan fingerprint density at radius 3 is 2.31 bits per heavy atom. The summed E-state index contributed by atoms with van der Waals surface area (Å²) in [5.41, 5.74) is 3.10. The van der Waals surface area contributed by atoms with Crippen LogP contribution in [0.25, 0.3) is 10.9 Å². The van der Waals surface area contributed by atoms with Crippen LogP contribution in [0.5, 0.6) is 0 Å². The predicted octanol–water partition coefficient (Wildman–Crippen LogP) is 4.96. The van der Waals surface area contributed by atoms with Gasteiger partial charge in [0, 0.05) is 42.8 Å². The first kappa shape index (κ1) is 23.3. The molecule has 1 aliphatic rings. The van der Waals surface area contributed by atoms with Crippen molar-refractivity contribution >= 4 is 40.0 Å². The minimum absolute atomic E-state index is 0.110. The van der Waals surface area contributed by atoms with E-state index in [0.29, 0.717) is 59.8 Å². The smallest absolute Gasteiger partial charge is 0.336 e. The zero-order valence-corrected chi connectivity index (χ0v) is 19.7. The van der Waals surface area contributed by atoms with Gasteiger partial charge in [0.2, 0.25) is 0 Å². The molecule has 0 unspecified atom stereocenters. The van der Waals surface area contributed by atoms with Crippen molar-refractivity contribution in [2.45, 2.75) is 6.92 Å². The minimum atomic E-state index is -1.07. The third-order valence-corrected chi connectivity index (χ3v) is 6.47. The number of benzene rings is 3. The Labute approximate surface area is 207 Å². The molecule has 0 saturated carbocycles. The fourth-order valence-corrected chi connectivity index (χ4v) is 4.54. The fraction of sp³-hybridized carbons (Fsp3) is 0.179. The zero-order chi connectivity index (χ0) is 25.2. The molecule has 0 atom stereocenters. The number of carboxylic acid groups (broad SMARTS) is 1. The van der Waals surface area contributed by atoms with E-state index in [1.165, 1.54) is 6.07 Å². The number of carbonyl (C=O) groups is 2. The van der Waals surface area contributed by atoms with Crippen LogP contribution in [0.3, 0.4) is 0 Å². The number of fused-ring (bicyclic) bond motifs is 1. The topological polar surface area (TPSA) is 85.8 Å². The number of rotatable bonds is 5. The molecule has 1 saturated heterocycles. The molecule has 0 radical (unpaired) electrons. The van der Waals surface area contributed by atoms with Gasteiger partial charge in [-0.25, -0.2) is 14.2 Å². The summed E-state index contributed by atoms with van der Waals surface area (Å²) in [5, 5.41) is 13.2. The van der Waals surface area contributed by atoms with Gasteiger partial charge in [0.15, 0.2) is 0 Å². The van der Waals surface area contributed by atoms with E-state index in [9.17, 15) is 19.1 Å². The van der Waals surface area contributed by atoms with Gasteiger partial charge in [0.05, 0.1) is 16.8 Å². The van der Waals surface area contributed by atoms with Crippen LogP contribution in [0.15, 0.2) is 72.8 Å². The number of anilines is 3. The van der Waals surface area contributed by atoms with Crippen molar-refractivity contribution in [3.05, 3.63) is 95.3 Å². The monoisotopic (exact) mass is 484 g/mol. The number of piperazine rings is 1. The number of nitrogens with one attached hydrogen (secondary N) is 1. The number of halogens is 1. The molecule has 0 bridgehead atoms. The number of nitrogens with zero attached hydrogens (tertiary/aromatic N) is 3. The molecular weight excluding hydrogens is 459 g/mol. The van der Waals surface area contributed by atoms with E-state index in [1.54, 1.807) is 48.5 Å². The number of carboxylic acids is 1. The molecule has 4 aromatic rings. The maximum absolute atomic E-state index is 14.2. The van der Waals surface area contributed by atoms with Gasteiger partial charge in [-0.2, -0.15) is 0 Å². The Balaban J connectivity index is 1.39. The summed E-state index contributed by atoms with van der Waals surface area (Å²) in [6, 6.07) is 20.6. The second-order valence-corrected chi connectivity index (χ2v) is 8.76. The van der Waals surface area contributed by atoms with E-state index >= 15 is 0 Å². The van der Waals surface area contributed by atoms with Crippen LogP contribution in [-0.2, 0) is 0 Å². The Kier molecular flexibility index (Phi) is 6.25. The number of aryl methyl sites for hydroxylation is 1. The number of pyridine rings is 1.